The van der Waals surface area contributed by atoms with E-state index in [0.29, 0.717) is 33.8 Å². The van der Waals surface area contributed by atoms with Crippen LogP contribution in [0.5, 0.6) is 0 Å². The molecule has 2 aromatic carbocycles. The van der Waals surface area contributed by atoms with Gasteiger partial charge >= 0.3 is 0 Å². The van der Waals surface area contributed by atoms with Crippen molar-refractivity contribution in [2.45, 2.75) is 31.7 Å². The number of nitrogens with one attached hydrogen (secondary N) is 3. The quantitative estimate of drug-likeness (QED) is 0.184. The number of aromatic nitrogens is 5. The molecule has 5 N–H and O–H groups in total. The smallest absolute Gasteiger partial charge is 0.246 e. The van der Waals surface area contributed by atoms with Gasteiger partial charge in [0.2, 0.25) is 10.0 Å². The number of sulfonamides is 1. The van der Waals surface area contributed by atoms with Crippen LogP contribution in [0, 0.1) is 25.1 Å². The Labute approximate surface area is 205 Å². The molecular weight excluding hydrogens is 487 g/mol. The number of aryl methyl sites for hydroxylation is 2. The van der Waals surface area contributed by atoms with Crippen molar-refractivity contribution in [1.82, 2.24) is 29.4 Å². The molecule has 0 spiro atoms. The Morgan fingerprint density at radius 2 is 1.97 bits per heavy atom. The highest BCUT2D eigenvalue weighted by Crippen LogP contribution is 2.22. The van der Waals surface area contributed by atoms with Crippen LogP contribution in [0.3, 0.4) is 0 Å². The fraction of sp³-hybridized carbons (Fsp3) is 0.217. The molecule has 0 radical (unpaired) electrons. The van der Waals surface area contributed by atoms with Crippen LogP contribution in [0.1, 0.15) is 28.7 Å². The predicted octanol–water partition coefficient (Wildman–Crippen LogP) is 2.51. The predicted molar refractivity (Wildman–Crippen MR) is 131 cm³/mol. The highest BCUT2D eigenvalue weighted by molar-refractivity contribution is 7.89. The summed E-state index contributed by atoms with van der Waals surface area (Å²) in [4.78, 5) is 12.4. The summed E-state index contributed by atoms with van der Waals surface area (Å²) in [5.41, 5.74) is 8.97. The number of rotatable bonds is 8. The van der Waals surface area contributed by atoms with Gasteiger partial charge in [-0.2, -0.15) is 0 Å². The fourth-order valence-corrected chi connectivity index (χ4v) is 5.56. The van der Waals surface area contributed by atoms with E-state index < -0.39 is 15.8 Å². The molecule has 0 unspecified atom stereocenters. The Bertz CT molecular complexity index is 1720. The van der Waals surface area contributed by atoms with Gasteiger partial charge in [0.05, 0.1) is 28.5 Å². The highest BCUT2D eigenvalue weighted by atomic mass is 32.2. The number of amidine groups is 1. The number of aromatic amines is 1. The minimum Gasteiger partial charge on any atom is -0.384 e. The zero-order valence-corrected chi connectivity index (χ0v) is 20.3. The molecule has 0 saturated heterocycles. The van der Waals surface area contributed by atoms with Crippen molar-refractivity contribution >= 4 is 37.9 Å². The average molecular weight is 511 g/mol. The number of hydrogen-bond donors (Lipinski definition) is 4. The maximum Gasteiger partial charge on any atom is 0.246 e. The topological polar surface area (TPSA) is 169 Å². The van der Waals surface area contributed by atoms with Gasteiger partial charge < -0.3 is 19.8 Å². The van der Waals surface area contributed by atoms with Gasteiger partial charge in [0, 0.05) is 18.7 Å². The molecule has 13 heteroatoms. The Hall–Kier alpha value is -4.10. The van der Waals surface area contributed by atoms with Gasteiger partial charge in [-0.1, -0.05) is 5.16 Å². The molecule has 3 aromatic heterocycles. The highest BCUT2D eigenvalue weighted by Gasteiger charge is 2.24. The molecule has 0 aliphatic heterocycles. The number of imidazole rings is 2. The molecule has 0 aliphatic rings. The lowest BCUT2D eigenvalue weighted by Crippen LogP contribution is -2.28. The Morgan fingerprint density at radius 3 is 2.69 bits per heavy atom. The van der Waals surface area contributed by atoms with E-state index >= 15 is 0 Å². The first-order valence-corrected chi connectivity index (χ1v) is 12.5. The summed E-state index contributed by atoms with van der Waals surface area (Å²) in [5.74, 6) is 0.925. The summed E-state index contributed by atoms with van der Waals surface area (Å²) in [6.07, 6.45) is 0.289. The number of nitrogens with two attached hydrogens (primary N) is 1. The second-order valence-corrected chi connectivity index (χ2v) is 10.1. The van der Waals surface area contributed by atoms with E-state index in [9.17, 15) is 12.8 Å². The monoisotopic (exact) mass is 510 g/mol. The number of benzene rings is 2. The van der Waals surface area contributed by atoms with Crippen LogP contribution in [0.15, 0.2) is 45.8 Å². The lowest BCUT2D eigenvalue weighted by molar-refractivity contribution is 0.390. The van der Waals surface area contributed by atoms with Crippen molar-refractivity contribution in [3.8, 4) is 0 Å². The lowest BCUT2D eigenvalue weighted by Gasteiger charge is -2.10. The van der Waals surface area contributed by atoms with E-state index in [1.165, 1.54) is 19.1 Å². The van der Waals surface area contributed by atoms with E-state index in [4.69, 9.17) is 15.7 Å². The van der Waals surface area contributed by atoms with Crippen molar-refractivity contribution in [2.24, 2.45) is 5.73 Å². The summed E-state index contributed by atoms with van der Waals surface area (Å²) in [6.45, 7) is 3.32. The van der Waals surface area contributed by atoms with Crippen LogP contribution in [-0.2, 0) is 23.0 Å². The third-order valence-electron chi connectivity index (χ3n) is 5.82. The summed E-state index contributed by atoms with van der Waals surface area (Å²) in [7, 11) is -3.85. The van der Waals surface area contributed by atoms with Gasteiger partial charge in [-0.3, -0.25) is 5.41 Å². The summed E-state index contributed by atoms with van der Waals surface area (Å²) < 4.78 is 49.0. The van der Waals surface area contributed by atoms with Gasteiger partial charge in [0.1, 0.15) is 33.9 Å². The number of hydrogen-bond acceptors (Lipinski definition) is 7. The van der Waals surface area contributed by atoms with Crippen LogP contribution in [0.25, 0.3) is 22.1 Å². The third kappa shape index (κ3) is 4.33. The summed E-state index contributed by atoms with van der Waals surface area (Å²) in [5, 5.41) is 11.3. The second kappa shape index (κ2) is 8.84. The number of nitrogens with zero attached hydrogens (tertiary/aromatic N) is 4. The van der Waals surface area contributed by atoms with Crippen molar-refractivity contribution in [2.75, 3.05) is 6.54 Å². The van der Waals surface area contributed by atoms with Crippen LogP contribution >= 0.6 is 0 Å². The van der Waals surface area contributed by atoms with Gasteiger partial charge in [-0.25, -0.2) is 27.5 Å². The van der Waals surface area contributed by atoms with Crippen LogP contribution in [-0.4, -0.2) is 45.5 Å². The fourth-order valence-electron chi connectivity index (χ4n) is 4.22. The summed E-state index contributed by atoms with van der Waals surface area (Å²) >= 11 is 0. The minimum atomic E-state index is -3.85. The lowest BCUT2D eigenvalue weighted by atomic mass is 10.2. The van der Waals surface area contributed by atoms with E-state index in [-0.39, 0.29) is 41.7 Å². The molecule has 0 aliphatic carbocycles. The molecule has 0 amide bonds. The molecular formula is C23H23FN8O3S. The van der Waals surface area contributed by atoms with E-state index in [0.717, 1.165) is 5.52 Å². The van der Waals surface area contributed by atoms with Gasteiger partial charge in [-0.05, 0) is 50.2 Å². The number of nitrogen functional groups attached to an aromatic ring is 1. The standard InChI is InChI=1S/C23H23FN8O3S/c1-12-22(13(2)35-31-12)36(33,34)27-7-8-32-19-10-15(24)4-6-17(19)30-21(32)11-20-28-16-5-3-14(23(25)26)9-18(16)29-20/h3-6,9-10,27H,7-8,11H2,1-2H3,(H3,25,26)(H,28,29). The Kier molecular flexibility index (Phi) is 5.80. The van der Waals surface area contributed by atoms with Crippen molar-refractivity contribution < 1.29 is 17.3 Å². The van der Waals surface area contributed by atoms with Crippen molar-refractivity contribution in [3.05, 3.63) is 70.9 Å². The SMILES string of the molecule is Cc1noc(C)c1S(=O)(=O)NCCn1c(Cc2nc3ccc(C(=N)N)cc3[nH]2)nc2ccc(F)cc21. The maximum atomic E-state index is 14.1. The van der Waals surface area contributed by atoms with Gasteiger partial charge in [0.25, 0.3) is 0 Å². The minimum absolute atomic E-state index is 0.0106. The zero-order valence-electron chi connectivity index (χ0n) is 19.5. The molecule has 11 nitrogen and oxygen atoms in total. The normalized spacial score (nSPS) is 12.1. The molecule has 3 heterocycles. The molecule has 0 bridgehead atoms. The van der Waals surface area contributed by atoms with Gasteiger partial charge in [0.15, 0.2) is 5.76 Å². The maximum absolute atomic E-state index is 14.1. The number of halogens is 1. The molecule has 0 atom stereocenters. The molecule has 186 valence electrons. The second-order valence-electron chi connectivity index (χ2n) is 8.37. The number of H-pyrrole nitrogens is 1. The molecule has 36 heavy (non-hydrogen) atoms. The first kappa shape index (κ1) is 23.6. The van der Waals surface area contributed by atoms with Crippen LogP contribution < -0.4 is 10.5 Å². The third-order valence-corrected chi connectivity index (χ3v) is 7.53. The Morgan fingerprint density at radius 1 is 1.19 bits per heavy atom. The van der Waals surface area contributed by atoms with Crippen molar-refractivity contribution in [1.29, 1.82) is 5.41 Å². The molecule has 0 fully saturated rings. The van der Waals surface area contributed by atoms with Crippen molar-refractivity contribution in [3.63, 3.8) is 0 Å². The molecule has 0 saturated carbocycles. The van der Waals surface area contributed by atoms with E-state index in [1.54, 1.807) is 35.8 Å². The van der Waals surface area contributed by atoms with Crippen LogP contribution in [0.2, 0.25) is 0 Å². The zero-order chi connectivity index (χ0) is 25.6. The first-order valence-electron chi connectivity index (χ1n) is 11.0. The van der Waals surface area contributed by atoms with Crippen LogP contribution in [0.4, 0.5) is 4.39 Å². The largest absolute Gasteiger partial charge is 0.384 e. The van der Waals surface area contributed by atoms with E-state index in [2.05, 4.69) is 24.8 Å². The molecule has 5 rings (SSSR count). The number of fused-ring (bicyclic) bond motifs is 2. The first-order chi connectivity index (χ1) is 17.1. The van der Waals surface area contributed by atoms with Gasteiger partial charge in [-0.15, -0.1) is 0 Å². The summed E-state index contributed by atoms with van der Waals surface area (Å²) in [6, 6.07) is 9.51. The van der Waals surface area contributed by atoms with E-state index in [1.807, 2.05) is 0 Å². The average Bonchev–Trinajstić information content (AvgIpc) is 3.48. The Balaban J connectivity index is 1.44. The molecule has 5 aromatic rings.